The van der Waals surface area contributed by atoms with E-state index in [9.17, 15) is 44.7 Å². The maximum absolute atomic E-state index is 13.0. The van der Waals surface area contributed by atoms with Gasteiger partial charge in [-0.2, -0.15) is 0 Å². The number of nitrogens with zero attached hydrogens (tertiary/aromatic N) is 3. The number of methoxy groups -OCH3 is 1. The Labute approximate surface area is 246 Å². The topological polar surface area (TPSA) is 227 Å². The molecule has 4 rings (SSSR count). The standard InChI is InChI=1S/C27H21N3O14/c1-40-27-23(44-26(33)17-6-12-20(13-7-17)30(38)39)22(43-25(32)16-4-10-19(11-5-16)29(36)37)21(42-27)14-41-24(31)15-2-8-18(9-3-15)28(34)35/h2-13,21-23,27H,14H2,1H3. The minimum absolute atomic E-state index is 0.0301. The van der Waals surface area contributed by atoms with Crippen LogP contribution in [0.25, 0.3) is 0 Å². The van der Waals surface area contributed by atoms with Crippen LogP contribution < -0.4 is 0 Å². The molecule has 17 nitrogen and oxygen atoms in total. The van der Waals surface area contributed by atoms with E-state index in [1.54, 1.807) is 0 Å². The van der Waals surface area contributed by atoms with E-state index >= 15 is 0 Å². The number of rotatable bonds is 11. The Kier molecular flexibility index (Phi) is 9.51. The van der Waals surface area contributed by atoms with Crippen molar-refractivity contribution < 1.29 is 52.8 Å². The molecule has 228 valence electrons. The van der Waals surface area contributed by atoms with E-state index in [0.717, 1.165) is 60.7 Å². The van der Waals surface area contributed by atoms with Gasteiger partial charge in [-0.15, -0.1) is 0 Å². The van der Waals surface area contributed by atoms with Crippen molar-refractivity contribution >= 4 is 35.0 Å². The number of non-ortho nitro benzene ring substituents is 3. The lowest BCUT2D eigenvalue weighted by Crippen LogP contribution is -2.42. The maximum atomic E-state index is 13.0. The van der Waals surface area contributed by atoms with Crippen LogP contribution in [0.1, 0.15) is 31.1 Å². The third-order valence-corrected chi connectivity index (χ3v) is 6.31. The van der Waals surface area contributed by atoms with Crippen molar-refractivity contribution in [1.29, 1.82) is 0 Å². The van der Waals surface area contributed by atoms with Crippen LogP contribution in [0.15, 0.2) is 72.8 Å². The summed E-state index contributed by atoms with van der Waals surface area (Å²) >= 11 is 0. The summed E-state index contributed by atoms with van der Waals surface area (Å²) in [5.41, 5.74) is -1.02. The van der Waals surface area contributed by atoms with Crippen molar-refractivity contribution in [3.63, 3.8) is 0 Å². The number of nitro benzene ring substituents is 3. The van der Waals surface area contributed by atoms with E-state index < -0.39 is 63.9 Å². The highest BCUT2D eigenvalue weighted by molar-refractivity contribution is 5.91. The molecule has 4 unspecified atom stereocenters. The van der Waals surface area contributed by atoms with Crippen LogP contribution >= 0.6 is 0 Å². The average molecular weight is 611 g/mol. The second-order valence-electron chi connectivity index (χ2n) is 9.03. The Morgan fingerprint density at radius 3 is 1.36 bits per heavy atom. The van der Waals surface area contributed by atoms with Gasteiger partial charge in [-0.25, -0.2) is 14.4 Å². The smallest absolute Gasteiger partial charge is 0.338 e. The Morgan fingerprint density at radius 2 is 1.00 bits per heavy atom. The van der Waals surface area contributed by atoms with Crippen LogP contribution in [-0.2, 0) is 23.7 Å². The Bertz CT molecular complexity index is 1570. The zero-order valence-corrected chi connectivity index (χ0v) is 22.5. The summed E-state index contributed by atoms with van der Waals surface area (Å²) in [6, 6.07) is 13.5. The van der Waals surface area contributed by atoms with Gasteiger partial charge >= 0.3 is 17.9 Å². The third-order valence-electron chi connectivity index (χ3n) is 6.31. The van der Waals surface area contributed by atoms with Gasteiger partial charge < -0.3 is 23.7 Å². The SMILES string of the molecule is COC1OC(COC(=O)c2ccc([N+](=O)[O-])cc2)C(OC(=O)c2ccc([N+](=O)[O-])cc2)C1OC(=O)c1ccc([N+](=O)[O-])cc1. The second-order valence-corrected chi connectivity index (χ2v) is 9.03. The monoisotopic (exact) mass is 611 g/mol. The van der Waals surface area contributed by atoms with Crippen LogP contribution in [-0.4, -0.2) is 71.0 Å². The van der Waals surface area contributed by atoms with Gasteiger partial charge in [-0.3, -0.25) is 30.3 Å². The summed E-state index contributed by atoms with van der Waals surface area (Å²) in [6.45, 7) is -0.556. The van der Waals surface area contributed by atoms with Crippen LogP contribution in [0, 0.1) is 30.3 Å². The fourth-order valence-corrected chi connectivity index (χ4v) is 4.07. The number of ether oxygens (including phenoxy) is 5. The first-order valence-corrected chi connectivity index (χ1v) is 12.5. The largest absolute Gasteiger partial charge is 0.459 e. The molecule has 0 aromatic heterocycles. The van der Waals surface area contributed by atoms with Gasteiger partial charge in [0.2, 0.25) is 0 Å². The molecule has 1 saturated heterocycles. The molecule has 0 spiro atoms. The number of benzene rings is 3. The minimum Gasteiger partial charge on any atom is -0.459 e. The van der Waals surface area contributed by atoms with Crippen LogP contribution in [0.3, 0.4) is 0 Å². The molecule has 17 heteroatoms. The van der Waals surface area contributed by atoms with Crippen molar-refractivity contribution in [2.45, 2.75) is 24.6 Å². The molecule has 0 N–H and O–H groups in total. The summed E-state index contributed by atoms with van der Waals surface area (Å²) in [7, 11) is 1.21. The predicted molar refractivity (Wildman–Crippen MR) is 144 cm³/mol. The number of carbonyl (C=O) groups is 3. The zero-order valence-electron chi connectivity index (χ0n) is 22.5. The Morgan fingerprint density at radius 1 is 0.636 bits per heavy atom. The highest BCUT2D eigenvalue weighted by Gasteiger charge is 2.51. The van der Waals surface area contributed by atoms with Crippen molar-refractivity contribution in [1.82, 2.24) is 0 Å². The molecule has 0 amide bonds. The molecule has 1 aliphatic heterocycles. The van der Waals surface area contributed by atoms with E-state index in [1.807, 2.05) is 0 Å². The molecule has 1 fully saturated rings. The van der Waals surface area contributed by atoms with Gasteiger partial charge in [0.25, 0.3) is 17.1 Å². The Hall–Kier alpha value is -5.81. The highest BCUT2D eigenvalue weighted by atomic mass is 16.7. The van der Waals surface area contributed by atoms with Crippen LogP contribution in [0.2, 0.25) is 0 Å². The molecular formula is C27H21N3O14. The second kappa shape index (κ2) is 13.4. The molecule has 4 atom stereocenters. The molecule has 0 aliphatic carbocycles. The van der Waals surface area contributed by atoms with Gasteiger partial charge in [-0.1, -0.05) is 0 Å². The zero-order chi connectivity index (χ0) is 32.0. The average Bonchev–Trinajstić information content (AvgIpc) is 3.35. The summed E-state index contributed by atoms with van der Waals surface area (Å²) < 4.78 is 27.4. The van der Waals surface area contributed by atoms with E-state index in [1.165, 1.54) is 19.2 Å². The lowest BCUT2D eigenvalue weighted by atomic mass is 10.1. The van der Waals surface area contributed by atoms with Crippen LogP contribution in [0.5, 0.6) is 0 Å². The van der Waals surface area contributed by atoms with Gasteiger partial charge in [0, 0.05) is 43.5 Å². The first-order valence-electron chi connectivity index (χ1n) is 12.5. The molecular weight excluding hydrogens is 590 g/mol. The maximum Gasteiger partial charge on any atom is 0.338 e. The Balaban J connectivity index is 1.56. The molecule has 0 bridgehead atoms. The number of esters is 3. The number of hydrogen-bond donors (Lipinski definition) is 0. The van der Waals surface area contributed by atoms with Gasteiger partial charge in [0.05, 0.1) is 31.5 Å². The van der Waals surface area contributed by atoms with E-state index in [4.69, 9.17) is 23.7 Å². The molecule has 44 heavy (non-hydrogen) atoms. The van der Waals surface area contributed by atoms with Crippen molar-refractivity contribution in [3.05, 3.63) is 120 Å². The van der Waals surface area contributed by atoms with E-state index in [-0.39, 0.29) is 33.8 Å². The molecule has 3 aromatic carbocycles. The van der Waals surface area contributed by atoms with Crippen molar-refractivity contribution in [2.75, 3.05) is 13.7 Å². The molecule has 1 aliphatic rings. The van der Waals surface area contributed by atoms with Gasteiger partial charge in [0.1, 0.15) is 12.7 Å². The normalized spacial score (nSPS) is 19.0. The number of carbonyl (C=O) groups excluding carboxylic acids is 3. The lowest BCUT2D eigenvalue weighted by Gasteiger charge is -2.24. The first kappa shape index (κ1) is 31.1. The molecule has 0 radical (unpaired) electrons. The lowest BCUT2D eigenvalue weighted by molar-refractivity contribution is -0.385. The van der Waals surface area contributed by atoms with Gasteiger partial charge in [0.15, 0.2) is 18.5 Å². The summed E-state index contributed by atoms with van der Waals surface area (Å²) in [5.74, 6) is -2.87. The fourth-order valence-electron chi connectivity index (χ4n) is 4.07. The van der Waals surface area contributed by atoms with Crippen molar-refractivity contribution in [2.24, 2.45) is 0 Å². The molecule has 0 saturated carbocycles. The van der Waals surface area contributed by atoms with E-state index in [2.05, 4.69) is 0 Å². The van der Waals surface area contributed by atoms with Gasteiger partial charge in [-0.05, 0) is 36.4 Å². The highest BCUT2D eigenvalue weighted by Crippen LogP contribution is 2.30. The number of hydrogen-bond acceptors (Lipinski definition) is 14. The molecule has 3 aromatic rings. The first-order chi connectivity index (χ1) is 21.0. The minimum atomic E-state index is -1.45. The summed E-state index contributed by atoms with van der Waals surface area (Å²) in [6.07, 6.45) is -5.49. The predicted octanol–water partition coefficient (Wildman–Crippen LogP) is 3.39. The third kappa shape index (κ3) is 7.15. The van der Waals surface area contributed by atoms with Crippen molar-refractivity contribution in [3.8, 4) is 0 Å². The quantitative estimate of drug-likeness (QED) is 0.131. The summed E-state index contributed by atoms with van der Waals surface area (Å²) in [4.78, 5) is 69.4. The molecule has 1 heterocycles. The van der Waals surface area contributed by atoms with E-state index in [0.29, 0.717) is 0 Å². The summed E-state index contributed by atoms with van der Waals surface area (Å²) in [5, 5.41) is 32.8. The fraction of sp³-hybridized carbons (Fsp3) is 0.222. The number of nitro groups is 3. The van der Waals surface area contributed by atoms with Crippen LogP contribution in [0.4, 0.5) is 17.1 Å².